The average molecular weight is 862 g/mol. The van der Waals surface area contributed by atoms with Gasteiger partial charge in [-0.15, -0.1) is 11.3 Å². The highest BCUT2D eigenvalue weighted by Crippen LogP contribution is 2.51. The highest BCUT2D eigenvalue weighted by Gasteiger charge is 2.35. The Bertz CT molecular complexity index is 3820. The van der Waals surface area contributed by atoms with E-state index in [1.807, 2.05) is 23.5 Å². The van der Waals surface area contributed by atoms with Gasteiger partial charge in [-0.05, 0) is 146 Å². The van der Waals surface area contributed by atoms with Crippen LogP contribution in [0.3, 0.4) is 0 Å². The molecule has 312 valence electrons. The average Bonchev–Trinajstić information content (AvgIpc) is 4.01. The molecule has 0 fully saturated rings. The first kappa shape index (κ1) is 38.5. The Morgan fingerprint density at radius 1 is 0.333 bits per heavy atom. The molecule has 2 aromatic heterocycles. The van der Waals surface area contributed by atoms with Crippen molar-refractivity contribution < 1.29 is 4.42 Å². The van der Waals surface area contributed by atoms with Crippen molar-refractivity contribution in [1.29, 1.82) is 0 Å². The minimum Gasteiger partial charge on any atom is -0.456 e. The Labute approximate surface area is 388 Å². The lowest BCUT2D eigenvalue weighted by molar-refractivity contribution is 0.660. The van der Waals surface area contributed by atoms with E-state index in [1.54, 1.807) is 0 Å². The summed E-state index contributed by atoms with van der Waals surface area (Å²) in [6.07, 6.45) is 0. The monoisotopic (exact) mass is 861 g/mol. The molecule has 0 amide bonds. The fourth-order valence-corrected chi connectivity index (χ4v) is 11.6. The summed E-state index contributed by atoms with van der Waals surface area (Å²) in [5, 5.41) is 4.91. The predicted molar refractivity (Wildman–Crippen MR) is 281 cm³/mol. The molecule has 1 aliphatic rings. The Kier molecular flexibility index (Phi) is 8.78. The van der Waals surface area contributed by atoms with Crippen LogP contribution < -0.4 is 4.90 Å². The maximum atomic E-state index is 6.15. The Balaban J connectivity index is 0.857. The standard InChI is InChI=1S/C63H43NOS/c1-63(2)57-34-24-44(36-55(57)51-32-22-46(38-58(51)63)40-10-4-3-5-11-40)41-16-26-48(27-17-41)64(49-28-18-42(19-29-49)45-25-35-60-56(37-45)52-12-6-8-14-59(52)65-60)50-30-20-43(21-31-50)47-23-33-54-53-13-7-9-15-61(53)66-62(54)39-47/h3-39H,1-2H3. The molecule has 12 aromatic rings. The number of para-hydroxylation sites is 1. The molecular formula is C63H43NOS. The van der Waals surface area contributed by atoms with E-state index in [-0.39, 0.29) is 5.41 Å². The van der Waals surface area contributed by atoms with Crippen molar-refractivity contribution in [2.75, 3.05) is 4.90 Å². The first-order chi connectivity index (χ1) is 32.4. The third kappa shape index (κ3) is 6.30. The normalized spacial score (nSPS) is 12.8. The highest BCUT2D eigenvalue weighted by molar-refractivity contribution is 7.25. The molecule has 0 unspecified atom stereocenters. The molecule has 0 saturated heterocycles. The van der Waals surface area contributed by atoms with Crippen molar-refractivity contribution in [3.63, 3.8) is 0 Å². The second kappa shape index (κ2) is 15.1. The van der Waals surface area contributed by atoms with Crippen molar-refractivity contribution in [3.8, 4) is 55.6 Å². The lowest BCUT2D eigenvalue weighted by Gasteiger charge is -2.26. The fourth-order valence-electron chi connectivity index (χ4n) is 10.4. The quantitative estimate of drug-likeness (QED) is 0.159. The van der Waals surface area contributed by atoms with Crippen LogP contribution >= 0.6 is 11.3 Å². The topological polar surface area (TPSA) is 16.4 Å². The van der Waals surface area contributed by atoms with Gasteiger partial charge in [-0.25, -0.2) is 0 Å². The largest absolute Gasteiger partial charge is 0.456 e. The molecule has 0 saturated carbocycles. The minimum absolute atomic E-state index is 0.0881. The smallest absolute Gasteiger partial charge is 0.135 e. The van der Waals surface area contributed by atoms with Crippen molar-refractivity contribution in [3.05, 3.63) is 236 Å². The first-order valence-corrected chi connectivity index (χ1v) is 23.5. The molecule has 3 heteroatoms. The van der Waals surface area contributed by atoms with Crippen LogP contribution in [0.5, 0.6) is 0 Å². The van der Waals surface area contributed by atoms with Gasteiger partial charge in [0.2, 0.25) is 0 Å². The highest BCUT2D eigenvalue weighted by atomic mass is 32.1. The summed E-state index contributed by atoms with van der Waals surface area (Å²) in [6, 6.07) is 82.2. The van der Waals surface area contributed by atoms with Crippen LogP contribution in [0, 0.1) is 0 Å². The van der Waals surface area contributed by atoms with E-state index in [9.17, 15) is 0 Å². The van der Waals surface area contributed by atoms with Crippen LogP contribution in [0.2, 0.25) is 0 Å². The van der Waals surface area contributed by atoms with E-state index >= 15 is 0 Å². The number of hydrogen-bond acceptors (Lipinski definition) is 3. The summed E-state index contributed by atoms with van der Waals surface area (Å²) >= 11 is 1.86. The molecule has 1 aliphatic carbocycles. The molecule has 0 radical (unpaired) electrons. The van der Waals surface area contributed by atoms with Crippen molar-refractivity contribution >= 4 is 70.5 Å². The molecule has 2 heterocycles. The van der Waals surface area contributed by atoms with E-state index < -0.39 is 0 Å². The Hall–Kier alpha value is -7.98. The SMILES string of the molecule is CC1(C)c2ccc(-c3ccc(N(c4ccc(-c5ccc6c(c5)sc5ccccc56)cc4)c4ccc(-c5ccc6oc7ccccc7c6c5)cc4)cc3)cc2-c2ccc(-c3ccccc3)cc21. The number of rotatable bonds is 7. The number of nitrogens with zero attached hydrogens (tertiary/aromatic N) is 1. The third-order valence-electron chi connectivity index (χ3n) is 13.9. The molecule has 2 nitrogen and oxygen atoms in total. The summed E-state index contributed by atoms with van der Waals surface area (Å²) in [4.78, 5) is 2.37. The third-order valence-corrected chi connectivity index (χ3v) is 15.0. The summed E-state index contributed by atoms with van der Waals surface area (Å²) in [5.41, 5.74) is 20.1. The number of benzene rings is 10. The molecule has 0 aliphatic heterocycles. The van der Waals surface area contributed by atoms with Gasteiger partial charge in [-0.1, -0.05) is 159 Å². The van der Waals surface area contributed by atoms with Crippen LogP contribution in [0.4, 0.5) is 17.1 Å². The zero-order chi connectivity index (χ0) is 43.9. The van der Waals surface area contributed by atoms with Crippen molar-refractivity contribution in [1.82, 2.24) is 0 Å². The maximum Gasteiger partial charge on any atom is 0.135 e. The molecule has 0 spiro atoms. The fraction of sp³-hybridized carbons (Fsp3) is 0.0476. The predicted octanol–water partition coefficient (Wildman–Crippen LogP) is 18.4. The molecule has 0 N–H and O–H groups in total. The van der Waals surface area contributed by atoms with Crippen LogP contribution in [0.1, 0.15) is 25.0 Å². The zero-order valence-corrected chi connectivity index (χ0v) is 37.4. The van der Waals surface area contributed by atoms with Gasteiger partial charge >= 0.3 is 0 Å². The minimum atomic E-state index is -0.0881. The van der Waals surface area contributed by atoms with Crippen LogP contribution in [-0.2, 0) is 5.41 Å². The summed E-state index contributed by atoms with van der Waals surface area (Å²) < 4.78 is 8.79. The van der Waals surface area contributed by atoms with Gasteiger partial charge in [0.05, 0.1) is 0 Å². The van der Waals surface area contributed by atoms with Crippen LogP contribution in [0.15, 0.2) is 229 Å². The lowest BCUT2D eigenvalue weighted by atomic mass is 9.81. The van der Waals surface area contributed by atoms with E-state index in [4.69, 9.17) is 4.42 Å². The van der Waals surface area contributed by atoms with Crippen molar-refractivity contribution in [2.45, 2.75) is 19.3 Å². The Morgan fingerprint density at radius 2 is 0.833 bits per heavy atom. The van der Waals surface area contributed by atoms with E-state index in [2.05, 4.69) is 231 Å². The number of furan rings is 1. The molecule has 66 heavy (non-hydrogen) atoms. The van der Waals surface area contributed by atoms with Gasteiger partial charge < -0.3 is 9.32 Å². The van der Waals surface area contributed by atoms with Gasteiger partial charge in [0.1, 0.15) is 11.2 Å². The van der Waals surface area contributed by atoms with E-state index in [0.29, 0.717) is 0 Å². The van der Waals surface area contributed by atoms with E-state index in [1.165, 1.54) is 75.8 Å². The van der Waals surface area contributed by atoms with Gasteiger partial charge in [-0.2, -0.15) is 0 Å². The second-order valence-electron chi connectivity index (χ2n) is 18.1. The van der Waals surface area contributed by atoms with Gasteiger partial charge in [-0.3, -0.25) is 0 Å². The first-order valence-electron chi connectivity index (χ1n) is 22.7. The molecule has 13 rings (SSSR count). The summed E-state index contributed by atoms with van der Waals surface area (Å²) in [6.45, 7) is 4.72. The van der Waals surface area contributed by atoms with Crippen LogP contribution in [0.25, 0.3) is 97.7 Å². The van der Waals surface area contributed by atoms with Crippen LogP contribution in [-0.4, -0.2) is 0 Å². The number of fused-ring (bicyclic) bond motifs is 9. The summed E-state index contributed by atoms with van der Waals surface area (Å²) in [7, 11) is 0. The number of thiophene rings is 1. The number of hydrogen-bond donors (Lipinski definition) is 0. The second-order valence-corrected chi connectivity index (χ2v) is 19.2. The van der Waals surface area contributed by atoms with Crippen molar-refractivity contribution in [2.24, 2.45) is 0 Å². The molecule has 0 atom stereocenters. The Morgan fingerprint density at radius 3 is 1.55 bits per heavy atom. The molecule has 0 bridgehead atoms. The lowest BCUT2D eigenvalue weighted by Crippen LogP contribution is -2.15. The zero-order valence-electron chi connectivity index (χ0n) is 36.6. The summed E-state index contributed by atoms with van der Waals surface area (Å²) in [5.74, 6) is 0. The number of anilines is 3. The van der Waals surface area contributed by atoms with Gasteiger partial charge in [0.15, 0.2) is 0 Å². The maximum absolute atomic E-state index is 6.15. The van der Waals surface area contributed by atoms with Gasteiger partial charge in [0, 0.05) is 53.4 Å². The van der Waals surface area contributed by atoms with E-state index in [0.717, 1.165) is 50.1 Å². The molecular weight excluding hydrogens is 819 g/mol. The molecule has 10 aromatic carbocycles. The van der Waals surface area contributed by atoms with Gasteiger partial charge in [0.25, 0.3) is 0 Å².